The molecule has 26 heavy (non-hydrogen) atoms. The van der Waals surface area contributed by atoms with Gasteiger partial charge in [0.2, 0.25) is 0 Å². The highest BCUT2D eigenvalue weighted by Gasteiger charge is 2.26. The van der Waals surface area contributed by atoms with Crippen LogP contribution < -0.4 is 0 Å². The van der Waals surface area contributed by atoms with Crippen LogP contribution in [0.5, 0.6) is 0 Å². The van der Waals surface area contributed by atoms with Crippen molar-refractivity contribution in [3.8, 4) is 0 Å². The van der Waals surface area contributed by atoms with Gasteiger partial charge in [-0.2, -0.15) is 0 Å². The van der Waals surface area contributed by atoms with Crippen LogP contribution in [0.2, 0.25) is 0 Å². The smallest absolute Gasteiger partial charge is 0.147 e. The quantitative estimate of drug-likeness (QED) is 0.468. The standard InChI is InChI=1S/C21H26O5/c1-15(19-11-7-5-9-17(19)13-25-23-3)21(22)16(2)20-12-8-6-10-18(20)14-26-24-4/h5-12,15-16H,13-14H2,1-4H3. The molecule has 0 bridgehead atoms. The summed E-state index contributed by atoms with van der Waals surface area (Å²) in [4.78, 5) is 32.7. The second-order valence-electron chi connectivity index (χ2n) is 6.10. The van der Waals surface area contributed by atoms with Gasteiger partial charge in [0, 0.05) is 11.8 Å². The van der Waals surface area contributed by atoms with Crippen molar-refractivity contribution in [3.05, 3.63) is 70.8 Å². The molecule has 140 valence electrons. The summed E-state index contributed by atoms with van der Waals surface area (Å²) in [6.07, 6.45) is 0. The average Bonchev–Trinajstić information content (AvgIpc) is 2.69. The van der Waals surface area contributed by atoms with Gasteiger partial charge in [0.25, 0.3) is 0 Å². The predicted octanol–water partition coefficient (Wildman–Crippen LogP) is 4.32. The van der Waals surface area contributed by atoms with Crippen molar-refractivity contribution in [1.29, 1.82) is 0 Å². The zero-order chi connectivity index (χ0) is 18.9. The minimum atomic E-state index is -0.266. The first-order valence-corrected chi connectivity index (χ1v) is 8.60. The summed E-state index contributed by atoms with van der Waals surface area (Å²) in [5.74, 6) is -0.393. The predicted molar refractivity (Wildman–Crippen MR) is 98.3 cm³/mol. The van der Waals surface area contributed by atoms with Gasteiger partial charge in [-0.3, -0.25) is 4.79 Å². The Balaban J connectivity index is 2.23. The Morgan fingerprint density at radius 1 is 0.769 bits per heavy atom. The fourth-order valence-electron chi connectivity index (χ4n) is 3.10. The van der Waals surface area contributed by atoms with Gasteiger partial charge in [-0.15, -0.1) is 0 Å². The Kier molecular flexibility index (Phi) is 7.94. The molecule has 0 aromatic heterocycles. The van der Waals surface area contributed by atoms with Gasteiger partial charge in [-0.25, -0.2) is 19.6 Å². The zero-order valence-corrected chi connectivity index (χ0v) is 15.7. The summed E-state index contributed by atoms with van der Waals surface area (Å²) >= 11 is 0. The van der Waals surface area contributed by atoms with Crippen LogP contribution in [0, 0.1) is 0 Å². The molecule has 0 radical (unpaired) electrons. The number of ketones is 1. The van der Waals surface area contributed by atoms with E-state index in [4.69, 9.17) is 19.6 Å². The van der Waals surface area contributed by atoms with Gasteiger partial charge in [0.15, 0.2) is 0 Å². The lowest BCUT2D eigenvalue weighted by Gasteiger charge is -2.21. The van der Waals surface area contributed by atoms with E-state index in [1.807, 2.05) is 62.4 Å². The second kappa shape index (κ2) is 10.2. The highest BCUT2D eigenvalue weighted by Crippen LogP contribution is 2.30. The van der Waals surface area contributed by atoms with Crippen LogP contribution in [0.3, 0.4) is 0 Å². The van der Waals surface area contributed by atoms with Gasteiger partial charge in [0.05, 0.1) is 14.2 Å². The lowest BCUT2D eigenvalue weighted by atomic mass is 9.83. The van der Waals surface area contributed by atoms with Crippen molar-refractivity contribution in [2.45, 2.75) is 38.9 Å². The van der Waals surface area contributed by atoms with Gasteiger partial charge in [-0.1, -0.05) is 62.4 Å². The molecule has 0 fully saturated rings. The van der Waals surface area contributed by atoms with Gasteiger partial charge < -0.3 is 0 Å². The lowest BCUT2D eigenvalue weighted by molar-refractivity contribution is -0.282. The molecular formula is C21H26O5. The van der Waals surface area contributed by atoms with E-state index in [1.165, 1.54) is 14.2 Å². The molecule has 0 saturated carbocycles. The van der Waals surface area contributed by atoms with Crippen LogP contribution >= 0.6 is 0 Å². The summed E-state index contributed by atoms with van der Waals surface area (Å²) in [6, 6.07) is 15.5. The SMILES string of the molecule is COOCc1ccccc1C(C)C(=O)C(C)c1ccccc1COOC. The topological polar surface area (TPSA) is 54.0 Å². The Bertz CT molecular complexity index is 654. The van der Waals surface area contributed by atoms with Crippen molar-refractivity contribution < 1.29 is 24.3 Å². The van der Waals surface area contributed by atoms with Crippen LogP contribution in [-0.4, -0.2) is 20.0 Å². The Labute approximate surface area is 154 Å². The number of Topliss-reactive ketones (excluding diaryl/α,β-unsaturated/α-hetero) is 1. The maximum Gasteiger partial charge on any atom is 0.147 e. The minimum absolute atomic E-state index is 0.139. The molecule has 0 aliphatic heterocycles. The summed E-state index contributed by atoms with van der Waals surface area (Å²) in [5, 5.41) is 0. The molecular weight excluding hydrogens is 332 g/mol. The Morgan fingerprint density at radius 3 is 1.54 bits per heavy atom. The molecule has 0 spiro atoms. The molecule has 0 amide bonds. The minimum Gasteiger partial charge on any atom is -0.298 e. The molecule has 2 aromatic rings. The van der Waals surface area contributed by atoms with Gasteiger partial charge >= 0.3 is 0 Å². The largest absolute Gasteiger partial charge is 0.298 e. The molecule has 2 atom stereocenters. The molecule has 0 aliphatic rings. The van der Waals surface area contributed by atoms with Crippen molar-refractivity contribution in [1.82, 2.24) is 0 Å². The molecule has 2 aromatic carbocycles. The third-order valence-corrected chi connectivity index (χ3v) is 4.56. The summed E-state index contributed by atoms with van der Waals surface area (Å²) < 4.78 is 0. The third-order valence-electron chi connectivity index (χ3n) is 4.56. The van der Waals surface area contributed by atoms with E-state index in [2.05, 4.69) is 0 Å². The van der Waals surface area contributed by atoms with E-state index < -0.39 is 0 Å². The highest BCUT2D eigenvalue weighted by molar-refractivity contribution is 5.91. The van der Waals surface area contributed by atoms with Crippen LogP contribution in [0.25, 0.3) is 0 Å². The molecule has 0 N–H and O–H groups in total. The highest BCUT2D eigenvalue weighted by atomic mass is 17.2. The molecule has 0 saturated heterocycles. The molecule has 0 aliphatic carbocycles. The van der Waals surface area contributed by atoms with Gasteiger partial charge in [0.1, 0.15) is 19.0 Å². The third kappa shape index (κ3) is 4.99. The summed E-state index contributed by atoms with van der Waals surface area (Å²) in [6.45, 7) is 4.46. The van der Waals surface area contributed by atoms with Crippen molar-refractivity contribution in [3.63, 3.8) is 0 Å². The molecule has 5 heteroatoms. The first-order valence-electron chi connectivity index (χ1n) is 8.60. The molecule has 2 unspecified atom stereocenters. The van der Waals surface area contributed by atoms with E-state index >= 15 is 0 Å². The zero-order valence-electron chi connectivity index (χ0n) is 15.7. The summed E-state index contributed by atoms with van der Waals surface area (Å²) in [7, 11) is 2.94. The molecule has 0 heterocycles. The van der Waals surface area contributed by atoms with E-state index in [9.17, 15) is 4.79 Å². The number of benzene rings is 2. The Morgan fingerprint density at radius 2 is 1.15 bits per heavy atom. The Hall–Kier alpha value is -2.05. The maximum absolute atomic E-state index is 13.2. The van der Waals surface area contributed by atoms with Crippen molar-refractivity contribution >= 4 is 5.78 Å². The fraction of sp³-hybridized carbons (Fsp3) is 0.381. The number of rotatable bonds is 10. The van der Waals surface area contributed by atoms with E-state index in [0.717, 1.165) is 22.3 Å². The second-order valence-corrected chi connectivity index (χ2v) is 6.10. The van der Waals surface area contributed by atoms with Crippen molar-refractivity contribution in [2.24, 2.45) is 0 Å². The van der Waals surface area contributed by atoms with Crippen LogP contribution in [-0.2, 0) is 37.6 Å². The average molecular weight is 358 g/mol. The van der Waals surface area contributed by atoms with E-state index in [-0.39, 0.29) is 17.6 Å². The molecule has 2 rings (SSSR count). The van der Waals surface area contributed by atoms with E-state index in [1.54, 1.807) is 0 Å². The van der Waals surface area contributed by atoms with Crippen molar-refractivity contribution in [2.75, 3.05) is 14.2 Å². The first kappa shape index (κ1) is 20.3. The summed E-state index contributed by atoms with van der Waals surface area (Å²) in [5.41, 5.74) is 3.79. The van der Waals surface area contributed by atoms with E-state index in [0.29, 0.717) is 13.2 Å². The number of carbonyl (C=O) groups is 1. The molecule has 5 nitrogen and oxygen atoms in total. The normalized spacial score (nSPS) is 13.4. The van der Waals surface area contributed by atoms with Crippen LogP contribution in [0.15, 0.2) is 48.5 Å². The number of carbonyl (C=O) groups excluding carboxylic acids is 1. The van der Waals surface area contributed by atoms with Crippen LogP contribution in [0.1, 0.15) is 47.9 Å². The van der Waals surface area contributed by atoms with Crippen LogP contribution in [0.4, 0.5) is 0 Å². The van der Waals surface area contributed by atoms with Gasteiger partial charge in [-0.05, 0) is 22.3 Å². The number of hydrogen-bond donors (Lipinski definition) is 0. The number of hydrogen-bond acceptors (Lipinski definition) is 5. The first-order chi connectivity index (χ1) is 12.6. The lowest BCUT2D eigenvalue weighted by Crippen LogP contribution is -2.19. The fourth-order valence-corrected chi connectivity index (χ4v) is 3.10. The maximum atomic E-state index is 13.2. The monoisotopic (exact) mass is 358 g/mol.